The first-order valence-electron chi connectivity index (χ1n) is 7.07. The van der Waals surface area contributed by atoms with Gasteiger partial charge in [0.2, 0.25) is 0 Å². The average molecular weight is 358 g/mol. The fourth-order valence-electron chi connectivity index (χ4n) is 2.31. The molecular weight excluding hydrogens is 338 g/mol. The topological polar surface area (TPSA) is 59.0 Å². The zero-order chi connectivity index (χ0) is 15.1. The van der Waals surface area contributed by atoms with Crippen molar-refractivity contribution in [1.82, 2.24) is 4.90 Å². The maximum absolute atomic E-state index is 10.4. The number of carboxylic acid groups (broad SMARTS) is 1. The van der Waals surface area contributed by atoms with Crippen molar-refractivity contribution >= 4 is 21.9 Å². The van der Waals surface area contributed by atoms with Gasteiger partial charge < -0.3 is 14.6 Å². The van der Waals surface area contributed by atoms with Gasteiger partial charge in [-0.15, -0.1) is 0 Å². The third kappa shape index (κ3) is 6.03. The van der Waals surface area contributed by atoms with Crippen molar-refractivity contribution in [3.63, 3.8) is 0 Å². The number of ether oxygens (including phenoxy) is 2. The third-order valence-corrected chi connectivity index (χ3v) is 4.00. The molecule has 1 aromatic rings. The fraction of sp³-hybridized carbons (Fsp3) is 0.533. The summed E-state index contributed by atoms with van der Waals surface area (Å²) in [5, 5.41) is 8.58. The van der Waals surface area contributed by atoms with Crippen molar-refractivity contribution in [1.29, 1.82) is 0 Å². The predicted molar refractivity (Wildman–Crippen MR) is 82.7 cm³/mol. The molecule has 21 heavy (non-hydrogen) atoms. The van der Waals surface area contributed by atoms with Crippen LogP contribution in [0.3, 0.4) is 0 Å². The lowest BCUT2D eigenvalue weighted by molar-refractivity contribution is -0.145. The van der Waals surface area contributed by atoms with Crippen LogP contribution in [-0.2, 0) is 9.53 Å². The Labute approximate surface area is 133 Å². The molecule has 1 saturated heterocycles. The Hall–Kier alpha value is -1.11. The van der Waals surface area contributed by atoms with E-state index in [0.29, 0.717) is 6.61 Å². The van der Waals surface area contributed by atoms with Crippen LogP contribution in [-0.4, -0.2) is 54.9 Å². The molecule has 116 valence electrons. The van der Waals surface area contributed by atoms with Crippen molar-refractivity contribution in [2.45, 2.75) is 18.9 Å². The van der Waals surface area contributed by atoms with Gasteiger partial charge in [-0.05, 0) is 37.1 Å². The SMILES string of the molecule is O=C(O)COC1CCN(CCOc2ccc(Br)cc2)CC1. The maximum atomic E-state index is 10.4. The highest BCUT2D eigenvalue weighted by atomic mass is 79.9. The summed E-state index contributed by atoms with van der Waals surface area (Å²) in [6.45, 7) is 3.18. The van der Waals surface area contributed by atoms with Crippen molar-refractivity contribution in [2.24, 2.45) is 0 Å². The normalized spacial score (nSPS) is 16.8. The van der Waals surface area contributed by atoms with E-state index in [1.165, 1.54) is 0 Å². The van der Waals surface area contributed by atoms with E-state index in [1.807, 2.05) is 24.3 Å². The lowest BCUT2D eigenvalue weighted by Crippen LogP contribution is -2.39. The summed E-state index contributed by atoms with van der Waals surface area (Å²) in [5.74, 6) is -0.0294. The van der Waals surface area contributed by atoms with Crippen LogP contribution in [0.5, 0.6) is 5.75 Å². The molecule has 0 amide bonds. The molecule has 0 unspecified atom stereocenters. The molecule has 0 atom stereocenters. The van der Waals surface area contributed by atoms with Crippen molar-refractivity contribution in [3.8, 4) is 5.75 Å². The molecule has 6 heteroatoms. The Morgan fingerprint density at radius 1 is 1.29 bits per heavy atom. The Bertz CT molecular complexity index is 443. The molecule has 1 aliphatic rings. The number of hydrogen-bond donors (Lipinski definition) is 1. The summed E-state index contributed by atoms with van der Waals surface area (Å²) in [7, 11) is 0. The van der Waals surface area contributed by atoms with E-state index in [-0.39, 0.29) is 12.7 Å². The van der Waals surface area contributed by atoms with Crippen molar-refractivity contribution in [3.05, 3.63) is 28.7 Å². The lowest BCUT2D eigenvalue weighted by atomic mass is 10.1. The molecule has 0 spiro atoms. The zero-order valence-electron chi connectivity index (χ0n) is 11.8. The van der Waals surface area contributed by atoms with Gasteiger partial charge in [-0.2, -0.15) is 0 Å². The van der Waals surface area contributed by atoms with Gasteiger partial charge in [-0.1, -0.05) is 15.9 Å². The van der Waals surface area contributed by atoms with Crippen LogP contribution in [0.25, 0.3) is 0 Å². The van der Waals surface area contributed by atoms with Crippen molar-refractivity contribution in [2.75, 3.05) is 32.8 Å². The maximum Gasteiger partial charge on any atom is 0.329 e. The highest BCUT2D eigenvalue weighted by molar-refractivity contribution is 9.10. The van der Waals surface area contributed by atoms with Crippen LogP contribution < -0.4 is 4.74 Å². The zero-order valence-corrected chi connectivity index (χ0v) is 13.4. The molecule has 1 fully saturated rings. The minimum Gasteiger partial charge on any atom is -0.492 e. The number of carbonyl (C=O) groups is 1. The highest BCUT2D eigenvalue weighted by Gasteiger charge is 2.20. The molecule has 0 aliphatic carbocycles. The van der Waals surface area contributed by atoms with E-state index in [4.69, 9.17) is 14.6 Å². The number of likely N-dealkylation sites (tertiary alicyclic amines) is 1. The number of nitrogens with zero attached hydrogens (tertiary/aromatic N) is 1. The molecule has 0 saturated carbocycles. The number of hydrogen-bond acceptors (Lipinski definition) is 4. The second-order valence-electron chi connectivity index (χ2n) is 5.05. The molecular formula is C15H20BrNO4. The molecule has 1 aromatic carbocycles. The number of carboxylic acids is 1. The molecule has 2 rings (SSSR count). The van der Waals surface area contributed by atoms with E-state index in [0.717, 1.165) is 42.7 Å². The number of benzene rings is 1. The number of rotatable bonds is 7. The fourth-order valence-corrected chi connectivity index (χ4v) is 2.58. The van der Waals surface area contributed by atoms with E-state index >= 15 is 0 Å². The van der Waals surface area contributed by atoms with E-state index in [2.05, 4.69) is 20.8 Å². The molecule has 1 aliphatic heterocycles. The van der Waals surface area contributed by atoms with Crippen LogP contribution in [0.1, 0.15) is 12.8 Å². The Morgan fingerprint density at radius 3 is 2.57 bits per heavy atom. The molecule has 1 heterocycles. The quantitative estimate of drug-likeness (QED) is 0.811. The Morgan fingerprint density at radius 2 is 1.95 bits per heavy atom. The van der Waals surface area contributed by atoms with Crippen LogP contribution in [0.15, 0.2) is 28.7 Å². The van der Waals surface area contributed by atoms with Gasteiger partial charge in [0.05, 0.1) is 6.10 Å². The largest absolute Gasteiger partial charge is 0.492 e. The van der Waals surface area contributed by atoms with Crippen molar-refractivity contribution < 1.29 is 19.4 Å². The van der Waals surface area contributed by atoms with E-state index in [1.54, 1.807) is 0 Å². The number of halogens is 1. The highest BCUT2D eigenvalue weighted by Crippen LogP contribution is 2.17. The molecule has 0 bridgehead atoms. The predicted octanol–water partition coefficient (Wildman–Crippen LogP) is 2.39. The van der Waals surface area contributed by atoms with Gasteiger partial charge in [0, 0.05) is 24.1 Å². The van der Waals surface area contributed by atoms with E-state index < -0.39 is 5.97 Å². The van der Waals surface area contributed by atoms with Gasteiger partial charge in [-0.3, -0.25) is 4.90 Å². The summed E-state index contributed by atoms with van der Waals surface area (Å²) in [6, 6.07) is 7.80. The minimum absolute atomic E-state index is 0.0738. The average Bonchev–Trinajstić information content (AvgIpc) is 2.48. The summed E-state index contributed by atoms with van der Waals surface area (Å²) < 4.78 is 12.1. The Balaban J connectivity index is 1.60. The second kappa shape index (κ2) is 8.36. The molecule has 5 nitrogen and oxygen atoms in total. The molecule has 0 radical (unpaired) electrons. The third-order valence-electron chi connectivity index (χ3n) is 3.47. The summed E-state index contributed by atoms with van der Waals surface area (Å²) in [5.41, 5.74) is 0. The lowest BCUT2D eigenvalue weighted by Gasteiger charge is -2.31. The standard InChI is InChI=1S/C15H20BrNO4/c16-12-1-3-13(4-2-12)20-10-9-17-7-5-14(6-8-17)21-11-15(18)19/h1-4,14H,5-11H2,(H,18,19). The summed E-state index contributed by atoms with van der Waals surface area (Å²) in [6.07, 6.45) is 1.83. The van der Waals surface area contributed by atoms with Crippen LogP contribution in [0.2, 0.25) is 0 Å². The van der Waals surface area contributed by atoms with Gasteiger partial charge in [0.25, 0.3) is 0 Å². The van der Waals surface area contributed by atoms with Crippen LogP contribution in [0, 0.1) is 0 Å². The number of aliphatic carboxylic acids is 1. The minimum atomic E-state index is -0.902. The molecule has 0 aromatic heterocycles. The van der Waals surface area contributed by atoms with Gasteiger partial charge in [0.15, 0.2) is 0 Å². The summed E-state index contributed by atoms with van der Waals surface area (Å²) in [4.78, 5) is 12.8. The van der Waals surface area contributed by atoms with Gasteiger partial charge in [-0.25, -0.2) is 4.79 Å². The first-order chi connectivity index (χ1) is 10.1. The smallest absolute Gasteiger partial charge is 0.329 e. The Kier molecular flexibility index (Phi) is 6.48. The summed E-state index contributed by atoms with van der Waals surface area (Å²) >= 11 is 3.39. The van der Waals surface area contributed by atoms with Crippen LogP contribution in [0.4, 0.5) is 0 Å². The van der Waals surface area contributed by atoms with Crippen LogP contribution >= 0.6 is 15.9 Å². The monoisotopic (exact) mass is 357 g/mol. The second-order valence-corrected chi connectivity index (χ2v) is 5.96. The number of piperidine rings is 1. The van der Waals surface area contributed by atoms with Gasteiger partial charge >= 0.3 is 5.97 Å². The first kappa shape index (κ1) is 16.3. The first-order valence-corrected chi connectivity index (χ1v) is 7.87. The molecule has 1 N–H and O–H groups in total. The van der Waals surface area contributed by atoms with E-state index in [9.17, 15) is 4.79 Å². The van der Waals surface area contributed by atoms with Gasteiger partial charge in [0.1, 0.15) is 19.0 Å².